The van der Waals surface area contributed by atoms with Gasteiger partial charge in [-0.1, -0.05) is 0 Å². The van der Waals surface area contributed by atoms with Gasteiger partial charge in [0.05, 0.1) is 4.92 Å². The highest BCUT2D eigenvalue weighted by molar-refractivity contribution is 5.58. The van der Waals surface area contributed by atoms with Crippen LogP contribution in [0.2, 0.25) is 0 Å². The summed E-state index contributed by atoms with van der Waals surface area (Å²) in [5, 5.41) is 13.8. The van der Waals surface area contributed by atoms with Gasteiger partial charge in [0.2, 0.25) is 11.8 Å². The fourth-order valence-electron chi connectivity index (χ4n) is 1.27. The fraction of sp³-hybridized carbons (Fsp3) is 0.500. The molecular weight excluding hydrogens is 212 g/mol. The summed E-state index contributed by atoms with van der Waals surface area (Å²) in [6, 6.07) is 0. The number of nitrogens with zero attached hydrogens (tertiary/aromatic N) is 3. The summed E-state index contributed by atoms with van der Waals surface area (Å²) in [5.41, 5.74) is 2.02. The lowest BCUT2D eigenvalue weighted by Gasteiger charge is -2.12. The number of nitrogens with two attached hydrogens (primary N) is 1. The predicted octanol–water partition coefficient (Wildman–Crippen LogP) is 0.635. The second kappa shape index (κ2) is 3.56. The second-order valence-corrected chi connectivity index (χ2v) is 4.01. The number of anilines is 2. The Morgan fingerprint density at radius 1 is 1.62 bits per heavy atom. The first-order chi connectivity index (χ1) is 7.54. The normalized spacial score (nSPS) is 16.6. The Morgan fingerprint density at radius 2 is 2.31 bits per heavy atom. The van der Waals surface area contributed by atoms with Crippen molar-refractivity contribution in [2.24, 2.45) is 5.84 Å². The molecule has 0 bridgehead atoms. The van der Waals surface area contributed by atoms with Gasteiger partial charge in [0.15, 0.2) is 0 Å². The van der Waals surface area contributed by atoms with Crippen LogP contribution in [0.15, 0.2) is 6.20 Å². The minimum Gasteiger partial charge on any atom is -0.359 e. The van der Waals surface area contributed by atoms with E-state index in [0.717, 1.165) is 19.0 Å². The number of hydrazine groups is 1. The second-order valence-electron chi connectivity index (χ2n) is 4.01. The lowest BCUT2D eigenvalue weighted by Crippen LogP contribution is -2.19. The molecule has 1 heterocycles. The number of aromatic nitrogens is 2. The first kappa shape index (κ1) is 10.6. The predicted molar refractivity (Wildman–Crippen MR) is 57.8 cm³/mol. The molecule has 0 atom stereocenters. The summed E-state index contributed by atoms with van der Waals surface area (Å²) in [4.78, 5) is 17.9. The lowest BCUT2D eigenvalue weighted by molar-refractivity contribution is -0.384. The molecule has 2 rings (SSSR count). The summed E-state index contributed by atoms with van der Waals surface area (Å²) < 4.78 is 0. The van der Waals surface area contributed by atoms with E-state index in [4.69, 9.17) is 5.84 Å². The smallest absolute Gasteiger partial charge is 0.329 e. The van der Waals surface area contributed by atoms with E-state index in [9.17, 15) is 10.1 Å². The molecule has 0 aliphatic heterocycles. The monoisotopic (exact) mass is 224 g/mol. The molecule has 1 fully saturated rings. The van der Waals surface area contributed by atoms with Crippen LogP contribution in [-0.2, 0) is 0 Å². The molecule has 0 saturated heterocycles. The van der Waals surface area contributed by atoms with Crippen LogP contribution in [0.25, 0.3) is 0 Å². The minimum absolute atomic E-state index is 0.0923. The largest absolute Gasteiger partial charge is 0.359 e. The van der Waals surface area contributed by atoms with Gasteiger partial charge in [-0.05, 0) is 19.8 Å². The van der Waals surface area contributed by atoms with Crippen molar-refractivity contribution >= 4 is 17.5 Å². The van der Waals surface area contributed by atoms with E-state index < -0.39 is 4.92 Å². The highest BCUT2D eigenvalue weighted by Crippen LogP contribution is 2.39. The van der Waals surface area contributed by atoms with Gasteiger partial charge in [-0.25, -0.2) is 10.8 Å². The molecule has 1 aromatic rings. The van der Waals surface area contributed by atoms with E-state index in [1.807, 2.05) is 6.92 Å². The van der Waals surface area contributed by atoms with Gasteiger partial charge < -0.3 is 5.32 Å². The molecule has 86 valence electrons. The van der Waals surface area contributed by atoms with Crippen molar-refractivity contribution in [3.8, 4) is 0 Å². The Balaban J connectivity index is 2.33. The highest BCUT2D eigenvalue weighted by Gasteiger charge is 2.39. The van der Waals surface area contributed by atoms with E-state index >= 15 is 0 Å². The number of hydrogen-bond donors (Lipinski definition) is 3. The summed E-state index contributed by atoms with van der Waals surface area (Å²) in [6.07, 6.45) is 3.08. The number of nitrogens with one attached hydrogen (secondary N) is 2. The topological polar surface area (TPSA) is 119 Å². The van der Waals surface area contributed by atoms with Gasteiger partial charge in [-0.15, -0.1) is 0 Å². The standard InChI is InChI=1S/C8H12N6O2/c1-8(2-3-8)12-6-5(14(15)16)4-10-7(11-6)13-9/h4H,2-3,9H2,1H3,(H2,10,11,12,13). The summed E-state index contributed by atoms with van der Waals surface area (Å²) >= 11 is 0. The molecule has 1 aliphatic rings. The first-order valence-corrected chi connectivity index (χ1v) is 4.80. The third-order valence-electron chi connectivity index (χ3n) is 2.52. The molecule has 1 aliphatic carbocycles. The zero-order valence-electron chi connectivity index (χ0n) is 8.73. The summed E-state index contributed by atoms with van der Waals surface area (Å²) in [6.45, 7) is 1.98. The van der Waals surface area contributed by atoms with Crippen molar-refractivity contribution in [2.75, 3.05) is 10.7 Å². The molecule has 1 aromatic heterocycles. The van der Waals surface area contributed by atoms with Crippen LogP contribution in [0, 0.1) is 10.1 Å². The van der Waals surface area contributed by atoms with Crippen molar-refractivity contribution in [3.63, 3.8) is 0 Å². The van der Waals surface area contributed by atoms with Gasteiger partial charge in [-0.3, -0.25) is 15.5 Å². The van der Waals surface area contributed by atoms with Gasteiger partial charge in [0, 0.05) is 5.54 Å². The van der Waals surface area contributed by atoms with Crippen LogP contribution in [0.5, 0.6) is 0 Å². The number of rotatable bonds is 4. The Kier molecular flexibility index (Phi) is 2.35. The summed E-state index contributed by atoms with van der Waals surface area (Å²) in [7, 11) is 0. The molecule has 0 amide bonds. The molecule has 4 N–H and O–H groups in total. The molecule has 0 aromatic carbocycles. The Hall–Kier alpha value is -1.96. The lowest BCUT2D eigenvalue weighted by atomic mass is 10.3. The first-order valence-electron chi connectivity index (χ1n) is 4.80. The molecule has 1 saturated carbocycles. The van der Waals surface area contributed by atoms with E-state index in [1.54, 1.807) is 0 Å². The van der Waals surface area contributed by atoms with Crippen LogP contribution in [-0.4, -0.2) is 20.4 Å². The van der Waals surface area contributed by atoms with Crippen molar-refractivity contribution in [3.05, 3.63) is 16.3 Å². The van der Waals surface area contributed by atoms with E-state index in [0.29, 0.717) is 0 Å². The quantitative estimate of drug-likeness (QED) is 0.390. The maximum absolute atomic E-state index is 10.8. The average Bonchev–Trinajstić information content (AvgIpc) is 2.95. The molecular formula is C8H12N6O2. The van der Waals surface area contributed by atoms with Crippen molar-refractivity contribution in [2.45, 2.75) is 25.3 Å². The van der Waals surface area contributed by atoms with Gasteiger partial charge >= 0.3 is 5.69 Å². The third-order valence-corrected chi connectivity index (χ3v) is 2.52. The zero-order chi connectivity index (χ0) is 11.8. The molecule has 0 radical (unpaired) electrons. The maximum Gasteiger partial charge on any atom is 0.329 e. The fourth-order valence-corrected chi connectivity index (χ4v) is 1.27. The van der Waals surface area contributed by atoms with E-state index in [2.05, 4.69) is 20.7 Å². The van der Waals surface area contributed by atoms with Gasteiger partial charge in [-0.2, -0.15) is 4.98 Å². The molecule has 0 spiro atoms. The molecule has 0 unspecified atom stereocenters. The van der Waals surface area contributed by atoms with Gasteiger partial charge in [0.1, 0.15) is 6.20 Å². The van der Waals surface area contributed by atoms with E-state index in [1.165, 1.54) is 0 Å². The number of nitrogen functional groups attached to an aromatic ring is 1. The molecule has 16 heavy (non-hydrogen) atoms. The zero-order valence-corrected chi connectivity index (χ0v) is 8.73. The Bertz CT molecular complexity index is 431. The SMILES string of the molecule is CC1(Nc2nc(NN)ncc2[N+](=O)[O-])CC1. The van der Waals surface area contributed by atoms with Crippen LogP contribution < -0.4 is 16.6 Å². The Labute approximate surface area is 91.4 Å². The molecule has 8 heteroatoms. The van der Waals surface area contributed by atoms with Crippen LogP contribution in [0.4, 0.5) is 17.5 Å². The van der Waals surface area contributed by atoms with Crippen molar-refractivity contribution < 1.29 is 4.92 Å². The number of nitro groups is 1. The van der Waals surface area contributed by atoms with Crippen LogP contribution in [0.1, 0.15) is 19.8 Å². The highest BCUT2D eigenvalue weighted by atomic mass is 16.6. The minimum atomic E-state index is -0.519. The van der Waals surface area contributed by atoms with Gasteiger partial charge in [0.25, 0.3) is 0 Å². The van der Waals surface area contributed by atoms with Crippen LogP contribution in [0.3, 0.4) is 0 Å². The van der Waals surface area contributed by atoms with Crippen molar-refractivity contribution in [1.29, 1.82) is 0 Å². The Morgan fingerprint density at radius 3 is 2.81 bits per heavy atom. The third kappa shape index (κ3) is 2.01. The number of hydrogen-bond acceptors (Lipinski definition) is 7. The van der Waals surface area contributed by atoms with E-state index in [-0.39, 0.29) is 23.0 Å². The van der Waals surface area contributed by atoms with Crippen molar-refractivity contribution in [1.82, 2.24) is 9.97 Å². The van der Waals surface area contributed by atoms with Crippen LogP contribution >= 0.6 is 0 Å². The maximum atomic E-state index is 10.8. The average molecular weight is 224 g/mol. The summed E-state index contributed by atoms with van der Waals surface area (Å²) in [5.74, 6) is 5.50. The molecule has 8 nitrogen and oxygen atoms in total.